The Labute approximate surface area is 297 Å². The monoisotopic (exact) mass is 652 g/mol. The largest absolute Gasteiger partial charge is 0.256 e. The molecule has 0 amide bonds. The molecule has 6 aromatic carbocycles. The Bertz CT molecular complexity index is 2610. The van der Waals surface area contributed by atoms with E-state index in [4.69, 9.17) is 15.0 Å². The van der Waals surface area contributed by atoms with E-state index in [9.17, 15) is 5.26 Å². The zero-order valence-electron chi connectivity index (χ0n) is 28.3. The minimum Gasteiger partial charge on any atom is -0.256 e. The van der Waals surface area contributed by atoms with Gasteiger partial charge < -0.3 is 0 Å². The van der Waals surface area contributed by atoms with E-state index in [1.54, 1.807) is 0 Å². The molecule has 0 saturated carbocycles. The third-order valence-electron chi connectivity index (χ3n) is 10.1. The first-order chi connectivity index (χ1) is 25.0. The van der Waals surface area contributed by atoms with E-state index in [-0.39, 0.29) is 5.41 Å². The Morgan fingerprint density at radius 3 is 1.98 bits per heavy atom. The lowest BCUT2D eigenvalue weighted by molar-refractivity contribution is 0.660. The molecule has 0 saturated heterocycles. The molecule has 0 radical (unpaired) electrons. The molecular formula is C47H32N4. The van der Waals surface area contributed by atoms with E-state index in [1.807, 2.05) is 60.8 Å². The van der Waals surface area contributed by atoms with Crippen LogP contribution in [-0.4, -0.2) is 15.0 Å². The first kappa shape index (κ1) is 30.4. The van der Waals surface area contributed by atoms with Gasteiger partial charge in [-0.25, -0.2) is 9.97 Å². The SMILES string of the molecule is CC1(C)c2ccc(C#N)cc2-c2ccc(-c3cc(-c4cc(-c5ccccc5)nc(-c5ccccc5)n4)cc(-c4cccc5cccnc45)c3)cc21. The van der Waals surface area contributed by atoms with Crippen molar-refractivity contribution in [3.63, 3.8) is 0 Å². The number of aromatic nitrogens is 3. The van der Waals surface area contributed by atoms with Gasteiger partial charge in [0, 0.05) is 39.3 Å². The van der Waals surface area contributed by atoms with Crippen molar-refractivity contribution in [3.8, 4) is 73.4 Å². The molecule has 4 nitrogen and oxygen atoms in total. The van der Waals surface area contributed by atoms with Gasteiger partial charge in [0.05, 0.1) is 28.5 Å². The van der Waals surface area contributed by atoms with Crippen molar-refractivity contribution in [3.05, 3.63) is 175 Å². The summed E-state index contributed by atoms with van der Waals surface area (Å²) in [7, 11) is 0. The lowest BCUT2D eigenvalue weighted by Crippen LogP contribution is -2.15. The van der Waals surface area contributed by atoms with Gasteiger partial charge >= 0.3 is 0 Å². The summed E-state index contributed by atoms with van der Waals surface area (Å²) in [4.78, 5) is 15.1. The number of benzene rings is 6. The summed E-state index contributed by atoms with van der Waals surface area (Å²) in [5.41, 5.74) is 15.3. The Hall–Kier alpha value is -6.70. The van der Waals surface area contributed by atoms with Crippen LogP contribution in [0.4, 0.5) is 0 Å². The molecule has 0 aliphatic heterocycles. The molecule has 2 aromatic heterocycles. The Balaban J connectivity index is 1.28. The number of hydrogen-bond donors (Lipinski definition) is 0. The van der Waals surface area contributed by atoms with E-state index in [0.717, 1.165) is 66.8 Å². The minimum absolute atomic E-state index is 0.212. The van der Waals surface area contributed by atoms with Gasteiger partial charge in [-0.2, -0.15) is 5.26 Å². The summed E-state index contributed by atoms with van der Waals surface area (Å²) in [6.45, 7) is 4.54. The van der Waals surface area contributed by atoms with Crippen LogP contribution in [0.3, 0.4) is 0 Å². The molecule has 240 valence electrons. The van der Waals surface area contributed by atoms with Crippen molar-refractivity contribution in [1.82, 2.24) is 15.0 Å². The van der Waals surface area contributed by atoms with Gasteiger partial charge in [-0.05, 0) is 87.5 Å². The van der Waals surface area contributed by atoms with Gasteiger partial charge in [-0.1, -0.05) is 117 Å². The molecule has 8 aromatic rings. The maximum absolute atomic E-state index is 9.65. The van der Waals surface area contributed by atoms with Crippen molar-refractivity contribution in [2.45, 2.75) is 19.3 Å². The van der Waals surface area contributed by atoms with Crippen LogP contribution >= 0.6 is 0 Å². The maximum atomic E-state index is 9.65. The molecule has 4 heteroatoms. The number of para-hydroxylation sites is 1. The molecule has 0 unspecified atom stereocenters. The Kier molecular flexibility index (Phi) is 7.15. The van der Waals surface area contributed by atoms with Gasteiger partial charge in [-0.15, -0.1) is 0 Å². The van der Waals surface area contributed by atoms with Gasteiger partial charge in [0.2, 0.25) is 0 Å². The van der Waals surface area contributed by atoms with E-state index in [0.29, 0.717) is 11.4 Å². The highest BCUT2D eigenvalue weighted by molar-refractivity contribution is 5.96. The predicted octanol–water partition coefficient (Wildman–Crippen LogP) is 11.5. The second kappa shape index (κ2) is 12.0. The van der Waals surface area contributed by atoms with Crippen LogP contribution in [0.15, 0.2) is 158 Å². The topological polar surface area (TPSA) is 62.5 Å². The van der Waals surface area contributed by atoms with Gasteiger partial charge in [0.1, 0.15) is 0 Å². The number of fused-ring (bicyclic) bond motifs is 4. The fourth-order valence-electron chi connectivity index (χ4n) is 7.51. The van der Waals surface area contributed by atoms with E-state index in [2.05, 4.69) is 117 Å². The fourth-order valence-corrected chi connectivity index (χ4v) is 7.51. The van der Waals surface area contributed by atoms with E-state index in [1.165, 1.54) is 16.7 Å². The van der Waals surface area contributed by atoms with Crippen molar-refractivity contribution in [2.24, 2.45) is 0 Å². The highest BCUT2D eigenvalue weighted by Crippen LogP contribution is 2.50. The number of nitriles is 1. The summed E-state index contributed by atoms with van der Waals surface area (Å²) in [5, 5.41) is 10.7. The molecule has 1 aliphatic rings. The Morgan fingerprint density at radius 2 is 1.20 bits per heavy atom. The molecule has 0 bridgehead atoms. The average Bonchev–Trinajstić information content (AvgIpc) is 3.42. The second-order valence-corrected chi connectivity index (χ2v) is 13.6. The summed E-state index contributed by atoms with van der Waals surface area (Å²) >= 11 is 0. The average molecular weight is 653 g/mol. The standard InChI is InChI=1S/C47H32N4/c1-47(2)41-21-18-30(29-48)23-40(41)39-20-19-34(27-42(39)47)35-24-36(38-17-9-15-32-16-10-22-49-45(32)38)26-37(25-35)44-28-43(31-11-5-3-6-12-31)50-46(51-44)33-13-7-4-8-14-33/h3-28H,1-2H3. The Morgan fingerprint density at radius 1 is 0.490 bits per heavy atom. The molecule has 2 heterocycles. The molecule has 0 fully saturated rings. The quantitative estimate of drug-likeness (QED) is 0.186. The summed E-state index contributed by atoms with van der Waals surface area (Å²) in [6.07, 6.45) is 1.86. The summed E-state index contributed by atoms with van der Waals surface area (Å²) < 4.78 is 0. The van der Waals surface area contributed by atoms with Crippen LogP contribution < -0.4 is 0 Å². The second-order valence-electron chi connectivity index (χ2n) is 13.6. The van der Waals surface area contributed by atoms with Crippen LogP contribution in [0.5, 0.6) is 0 Å². The van der Waals surface area contributed by atoms with Gasteiger partial charge in [-0.3, -0.25) is 4.98 Å². The zero-order chi connectivity index (χ0) is 34.5. The first-order valence-electron chi connectivity index (χ1n) is 17.2. The normalized spacial score (nSPS) is 12.6. The number of rotatable bonds is 5. The molecule has 1 aliphatic carbocycles. The molecular weight excluding hydrogens is 621 g/mol. The third kappa shape index (κ3) is 5.28. The van der Waals surface area contributed by atoms with Crippen molar-refractivity contribution in [2.75, 3.05) is 0 Å². The smallest absolute Gasteiger partial charge is 0.160 e. The molecule has 0 atom stereocenters. The van der Waals surface area contributed by atoms with Gasteiger partial charge in [0.25, 0.3) is 0 Å². The van der Waals surface area contributed by atoms with Crippen LogP contribution in [0.2, 0.25) is 0 Å². The highest BCUT2D eigenvalue weighted by atomic mass is 14.9. The number of hydrogen-bond acceptors (Lipinski definition) is 4. The van der Waals surface area contributed by atoms with Crippen molar-refractivity contribution in [1.29, 1.82) is 5.26 Å². The maximum Gasteiger partial charge on any atom is 0.160 e. The van der Waals surface area contributed by atoms with Crippen molar-refractivity contribution >= 4 is 10.9 Å². The van der Waals surface area contributed by atoms with E-state index < -0.39 is 0 Å². The zero-order valence-corrected chi connectivity index (χ0v) is 28.3. The van der Waals surface area contributed by atoms with Gasteiger partial charge in [0.15, 0.2) is 5.82 Å². The number of pyridine rings is 1. The third-order valence-corrected chi connectivity index (χ3v) is 10.1. The van der Waals surface area contributed by atoms with E-state index >= 15 is 0 Å². The lowest BCUT2D eigenvalue weighted by atomic mass is 9.81. The summed E-state index contributed by atoms with van der Waals surface area (Å²) in [6, 6.07) is 54.9. The molecule has 9 rings (SSSR count). The van der Waals surface area contributed by atoms with Crippen molar-refractivity contribution < 1.29 is 0 Å². The summed E-state index contributed by atoms with van der Waals surface area (Å²) in [5.74, 6) is 0.680. The lowest BCUT2D eigenvalue weighted by Gasteiger charge is -2.22. The van der Waals surface area contributed by atoms with Crippen LogP contribution in [0.25, 0.3) is 78.2 Å². The minimum atomic E-state index is -0.212. The molecule has 51 heavy (non-hydrogen) atoms. The highest BCUT2D eigenvalue weighted by Gasteiger charge is 2.35. The first-order valence-corrected chi connectivity index (χ1v) is 17.2. The van der Waals surface area contributed by atoms with Crippen LogP contribution in [0, 0.1) is 11.3 Å². The number of nitrogens with zero attached hydrogens (tertiary/aromatic N) is 4. The van der Waals surface area contributed by atoms with Crippen LogP contribution in [-0.2, 0) is 5.41 Å². The predicted molar refractivity (Wildman–Crippen MR) is 207 cm³/mol. The fraction of sp³-hybridized carbons (Fsp3) is 0.0638. The van der Waals surface area contributed by atoms with Crippen LogP contribution in [0.1, 0.15) is 30.5 Å². The molecule has 0 spiro atoms. The molecule has 0 N–H and O–H groups in total.